The fraction of sp³-hybridized carbons (Fsp3) is 0.143. The number of aryl methyl sites for hydroxylation is 2. The molecule has 1 aromatic heterocycles. The van der Waals surface area contributed by atoms with Gasteiger partial charge < -0.3 is 5.73 Å². The zero-order chi connectivity index (χ0) is 12.3. The van der Waals surface area contributed by atoms with E-state index in [2.05, 4.69) is 23.0 Å². The summed E-state index contributed by atoms with van der Waals surface area (Å²) in [5, 5.41) is 1.14. The van der Waals surface area contributed by atoms with E-state index in [-0.39, 0.29) is 0 Å². The smallest absolute Gasteiger partial charge is 0.0709 e. The SMILES string of the molecule is Cc1cc(C)c2cc(N=C/C=C\N)ccc2n1. The molecule has 86 valence electrons. The van der Waals surface area contributed by atoms with Gasteiger partial charge >= 0.3 is 0 Å². The van der Waals surface area contributed by atoms with Crippen molar-refractivity contribution in [2.75, 3.05) is 0 Å². The first-order valence-electron chi connectivity index (χ1n) is 5.49. The Morgan fingerprint density at radius 3 is 2.82 bits per heavy atom. The van der Waals surface area contributed by atoms with Gasteiger partial charge in [-0.3, -0.25) is 9.98 Å². The molecule has 0 spiro atoms. The molecule has 1 aromatic carbocycles. The highest BCUT2D eigenvalue weighted by Gasteiger charge is 2.00. The number of allylic oxidation sites excluding steroid dienone is 1. The summed E-state index contributed by atoms with van der Waals surface area (Å²) in [6.45, 7) is 4.09. The van der Waals surface area contributed by atoms with Gasteiger partial charge in [0.1, 0.15) is 0 Å². The normalized spacial score (nSPS) is 11.9. The van der Waals surface area contributed by atoms with Gasteiger partial charge in [0.2, 0.25) is 0 Å². The molecule has 17 heavy (non-hydrogen) atoms. The second-order valence-electron chi connectivity index (χ2n) is 3.95. The monoisotopic (exact) mass is 225 g/mol. The lowest BCUT2D eigenvalue weighted by atomic mass is 10.1. The minimum Gasteiger partial charge on any atom is -0.405 e. The van der Waals surface area contributed by atoms with Crippen LogP contribution in [0.4, 0.5) is 5.69 Å². The molecule has 0 aliphatic carbocycles. The fourth-order valence-electron chi connectivity index (χ4n) is 1.81. The summed E-state index contributed by atoms with van der Waals surface area (Å²) in [4.78, 5) is 8.78. The Balaban J connectivity index is 2.50. The van der Waals surface area contributed by atoms with Crippen molar-refractivity contribution in [2.45, 2.75) is 13.8 Å². The lowest BCUT2D eigenvalue weighted by Gasteiger charge is -2.04. The Hall–Kier alpha value is -2.16. The molecule has 0 saturated heterocycles. The van der Waals surface area contributed by atoms with Crippen LogP contribution in [0.15, 0.2) is 41.5 Å². The van der Waals surface area contributed by atoms with Gasteiger partial charge in [-0.1, -0.05) is 0 Å². The first-order chi connectivity index (χ1) is 8.20. The molecule has 0 fully saturated rings. The van der Waals surface area contributed by atoms with E-state index in [0.29, 0.717) is 0 Å². The number of hydrogen-bond donors (Lipinski definition) is 1. The standard InChI is InChI=1S/C14H15N3/c1-10-8-11(2)17-14-5-4-12(9-13(10)14)16-7-3-6-15/h3-9H,15H2,1-2H3/b6-3-,16-7?. The van der Waals surface area contributed by atoms with Crippen LogP contribution >= 0.6 is 0 Å². The van der Waals surface area contributed by atoms with Gasteiger partial charge in [-0.25, -0.2) is 0 Å². The van der Waals surface area contributed by atoms with E-state index in [1.807, 2.05) is 25.1 Å². The molecule has 3 heteroatoms. The topological polar surface area (TPSA) is 51.3 Å². The van der Waals surface area contributed by atoms with Crippen LogP contribution in [0.3, 0.4) is 0 Å². The maximum atomic E-state index is 5.24. The van der Waals surface area contributed by atoms with Crippen LogP contribution < -0.4 is 5.73 Å². The molecule has 0 unspecified atom stereocenters. The molecule has 2 aromatic rings. The van der Waals surface area contributed by atoms with E-state index in [0.717, 1.165) is 22.3 Å². The number of rotatable bonds is 2. The summed E-state index contributed by atoms with van der Waals surface area (Å²) in [6.07, 6.45) is 4.84. The van der Waals surface area contributed by atoms with Crippen molar-refractivity contribution in [3.63, 3.8) is 0 Å². The minimum absolute atomic E-state index is 0.907. The molecule has 0 atom stereocenters. The van der Waals surface area contributed by atoms with Gasteiger partial charge in [-0.05, 0) is 56.0 Å². The summed E-state index contributed by atoms with van der Waals surface area (Å²) in [5.41, 5.74) is 9.42. The van der Waals surface area contributed by atoms with Crippen LogP contribution in [0.1, 0.15) is 11.3 Å². The second-order valence-corrected chi connectivity index (χ2v) is 3.95. The van der Waals surface area contributed by atoms with Crippen LogP contribution in [-0.4, -0.2) is 11.2 Å². The van der Waals surface area contributed by atoms with Gasteiger partial charge in [0.05, 0.1) is 11.2 Å². The van der Waals surface area contributed by atoms with Crippen LogP contribution in [0.5, 0.6) is 0 Å². The average Bonchev–Trinajstić information content (AvgIpc) is 2.30. The molecule has 0 saturated carbocycles. The number of pyridine rings is 1. The van der Waals surface area contributed by atoms with E-state index < -0.39 is 0 Å². The Bertz CT molecular complexity index is 598. The fourth-order valence-corrected chi connectivity index (χ4v) is 1.81. The van der Waals surface area contributed by atoms with Gasteiger partial charge in [0.15, 0.2) is 0 Å². The number of hydrogen-bond acceptors (Lipinski definition) is 3. The first kappa shape index (κ1) is 11.3. The number of nitrogens with zero attached hydrogens (tertiary/aromatic N) is 2. The largest absolute Gasteiger partial charge is 0.405 e. The van der Waals surface area contributed by atoms with E-state index in [9.17, 15) is 0 Å². The molecule has 0 aliphatic heterocycles. The summed E-state index contributed by atoms with van der Waals surface area (Å²) in [6, 6.07) is 8.07. The Labute approximate surface area is 101 Å². The Morgan fingerprint density at radius 2 is 2.06 bits per heavy atom. The van der Waals surface area contributed by atoms with Crippen molar-refractivity contribution in [3.05, 3.63) is 47.8 Å². The van der Waals surface area contributed by atoms with E-state index >= 15 is 0 Å². The summed E-state index contributed by atoms with van der Waals surface area (Å²) >= 11 is 0. The molecule has 2 rings (SSSR count). The van der Waals surface area contributed by atoms with Crippen molar-refractivity contribution in [3.8, 4) is 0 Å². The molecule has 1 heterocycles. The van der Waals surface area contributed by atoms with Crippen LogP contribution in [-0.2, 0) is 0 Å². The number of aliphatic imine (C=N–C) groups is 1. The third-order valence-corrected chi connectivity index (χ3v) is 2.55. The van der Waals surface area contributed by atoms with Crippen molar-refractivity contribution in [1.29, 1.82) is 0 Å². The summed E-state index contributed by atoms with van der Waals surface area (Å²) < 4.78 is 0. The van der Waals surface area contributed by atoms with Crippen molar-refractivity contribution >= 4 is 22.8 Å². The van der Waals surface area contributed by atoms with Gasteiger partial charge in [0.25, 0.3) is 0 Å². The summed E-state index contributed by atoms with van der Waals surface area (Å²) in [7, 11) is 0. The molecule has 2 N–H and O–H groups in total. The first-order valence-corrected chi connectivity index (χ1v) is 5.49. The number of fused-ring (bicyclic) bond motifs is 1. The molecule has 0 aliphatic rings. The number of benzene rings is 1. The minimum atomic E-state index is 0.907. The van der Waals surface area contributed by atoms with Gasteiger partial charge in [-0.15, -0.1) is 0 Å². The van der Waals surface area contributed by atoms with Crippen LogP contribution in [0, 0.1) is 13.8 Å². The highest BCUT2D eigenvalue weighted by atomic mass is 14.7. The van der Waals surface area contributed by atoms with E-state index in [1.54, 1.807) is 12.3 Å². The van der Waals surface area contributed by atoms with Crippen LogP contribution in [0.2, 0.25) is 0 Å². The maximum Gasteiger partial charge on any atom is 0.0709 e. The number of aromatic nitrogens is 1. The quantitative estimate of drug-likeness (QED) is 0.799. The van der Waals surface area contributed by atoms with E-state index in [1.165, 1.54) is 11.8 Å². The highest BCUT2D eigenvalue weighted by Crippen LogP contribution is 2.23. The lowest BCUT2D eigenvalue weighted by Crippen LogP contribution is -1.86. The predicted octanol–water partition coefficient (Wildman–Crippen LogP) is 3.03. The second kappa shape index (κ2) is 4.78. The lowest BCUT2D eigenvalue weighted by molar-refractivity contribution is 1.23. The molecule has 0 amide bonds. The zero-order valence-corrected chi connectivity index (χ0v) is 10.0. The number of nitrogens with two attached hydrogens (primary N) is 1. The molecule has 0 radical (unpaired) electrons. The molecular formula is C14H15N3. The Kier molecular flexibility index (Phi) is 3.19. The third kappa shape index (κ3) is 2.50. The van der Waals surface area contributed by atoms with Crippen molar-refractivity contribution in [2.24, 2.45) is 10.7 Å². The van der Waals surface area contributed by atoms with Crippen molar-refractivity contribution in [1.82, 2.24) is 4.98 Å². The average molecular weight is 225 g/mol. The molecule has 0 bridgehead atoms. The van der Waals surface area contributed by atoms with Crippen molar-refractivity contribution < 1.29 is 0 Å². The third-order valence-electron chi connectivity index (χ3n) is 2.55. The predicted molar refractivity (Wildman–Crippen MR) is 72.7 cm³/mol. The van der Waals surface area contributed by atoms with E-state index in [4.69, 9.17) is 5.73 Å². The van der Waals surface area contributed by atoms with Gasteiger partial charge in [-0.2, -0.15) is 0 Å². The zero-order valence-electron chi connectivity index (χ0n) is 10.0. The highest BCUT2D eigenvalue weighted by molar-refractivity contribution is 5.86. The molecule has 3 nitrogen and oxygen atoms in total. The van der Waals surface area contributed by atoms with Crippen LogP contribution in [0.25, 0.3) is 10.9 Å². The molecular weight excluding hydrogens is 210 g/mol. The maximum absolute atomic E-state index is 5.24. The summed E-state index contributed by atoms with van der Waals surface area (Å²) in [5.74, 6) is 0. The Morgan fingerprint density at radius 1 is 1.24 bits per heavy atom. The van der Waals surface area contributed by atoms with Gasteiger partial charge in [0, 0.05) is 17.3 Å².